The molecule has 2 heteroatoms. The molecule has 1 fully saturated rings. The summed E-state index contributed by atoms with van der Waals surface area (Å²) in [6, 6.07) is 0.299. The fraction of sp³-hybridized carbons (Fsp3) is 0.875. The van der Waals surface area contributed by atoms with Crippen LogP contribution in [0.5, 0.6) is 0 Å². The van der Waals surface area contributed by atoms with Crippen LogP contribution >= 0.6 is 0 Å². The number of hydrogen-bond acceptors (Lipinski definition) is 1. The maximum absolute atomic E-state index is 11.1. The highest BCUT2D eigenvalue weighted by molar-refractivity contribution is 5.79. The summed E-state index contributed by atoms with van der Waals surface area (Å²) in [6.07, 6.45) is 3.42. The summed E-state index contributed by atoms with van der Waals surface area (Å²) in [5.74, 6) is 0.587. The van der Waals surface area contributed by atoms with Crippen molar-refractivity contribution in [1.29, 1.82) is 0 Å². The van der Waals surface area contributed by atoms with Crippen LogP contribution < -0.4 is 5.32 Å². The molecular weight excluding hydrogens is 126 g/mol. The first kappa shape index (κ1) is 7.58. The Morgan fingerprint density at radius 1 is 1.50 bits per heavy atom. The van der Waals surface area contributed by atoms with E-state index in [2.05, 4.69) is 5.32 Å². The molecule has 0 saturated heterocycles. The minimum Gasteiger partial charge on any atom is -0.354 e. The Morgan fingerprint density at radius 3 is 2.40 bits per heavy atom. The Hall–Kier alpha value is -0.530. The largest absolute Gasteiger partial charge is 0.354 e. The molecule has 1 aliphatic rings. The Morgan fingerprint density at radius 2 is 2.10 bits per heavy atom. The lowest BCUT2D eigenvalue weighted by Gasteiger charge is -2.25. The number of hydrogen-bond donors (Lipinski definition) is 1. The molecule has 0 bridgehead atoms. The third-order valence-corrected chi connectivity index (χ3v) is 1.91. The minimum absolute atomic E-state index is 0.251. The standard InChI is InChI=1S/C8H15NO/c1-6(2)9-8(10)7-4-3-5-7/h6-7H,3-5H2,1-2H3,(H,9,10). The zero-order valence-electron chi connectivity index (χ0n) is 6.68. The molecule has 10 heavy (non-hydrogen) atoms. The van der Waals surface area contributed by atoms with Gasteiger partial charge < -0.3 is 5.32 Å². The third kappa shape index (κ3) is 1.72. The highest BCUT2D eigenvalue weighted by Gasteiger charge is 2.24. The van der Waals surface area contributed by atoms with Crippen molar-refractivity contribution in [2.45, 2.75) is 39.2 Å². The molecule has 1 N–H and O–H groups in total. The van der Waals surface area contributed by atoms with Crippen molar-refractivity contribution in [2.75, 3.05) is 0 Å². The molecule has 0 unspecified atom stereocenters. The van der Waals surface area contributed by atoms with Gasteiger partial charge in [0, 0.05) is 12.0 Å². The maximum atomic E-state index is 11.1. The summed E-state index contributed by atoms with van der Waals surface area (Å²) in [4.78, 5) is 11.1. The van der Waals surface area contributed by atoms with Gasteiger partial charge in [0.2, 0.25) is 5.91 Å². The van der Waals surface area contributed by atoms with E-state index in [4.69, 9.17) is 0 Å². The predicted molar refractivity (Wildman–Crippen MR) is 40.6 cm³/mol. The predicted octanol–water partition coefficient (Wildman–Crippen LogP) is 1.31. The monoisotopic (exact) mass is 141 g/mol. The molecule has 0 spiro atoms. The van der Waals surface area contributed by atoms with Gasteiger partial charge >= 0.3 is 0 Å². The van der Waals surface area contributed by atoms with Crippen LogP contribution in [-0.4, -0.2) is 11.9 Å². The van der Waals surface area contributed by atoms with Crippen molar-refractivity contribution in [3.63, 3.8) is 0 Å². The van der Waals surface area contributed by atoms with Crippen molar-refractivity contribution < 1.29 is 4.79 Å². The molecule has 58 valence electrons. The van der Waals surface area contributed by atoms with Crippen LogP contribution in [0.15, 0.2) is 0 Å². The van der Waals surface area contributed by atoms with Gasteiger partial charge in [0.05, 0.1) is 0 Å². The summed E-state index contributed by atoms with van der Waals surface area (Å²) < 4.78 is 0. The smallest absolute Gasteiger partial charge is 0.223 e. The average Bonchev–Trinajstić information content (AvgIpc) is 1.55. The Bertz CT molecular complexity index is 127. The van der Waals surface area contributed by atoms with Gasteiger partial charge in [0.1, 0.15) is 0 Å². The quantitative estimate of drug-likeness (QED) is 0.617. The maximum Gasteiger partial charge on any atom is 0.223 e. The number of carbonyl (C=O) groups is 1. The summed E-state index contributed by atoms with van der Waals surface area (Å²) in [7, 11) is 0. The summed E-state index contributed by atoms with van der Waals surface area (Å²) in [5, 5.41) is 2.91. The molecule has 1 aliphatic carbocycles. The molecule has 1 amide bonds. The van der Waals surface area contributed by atoms with Gasteiger partial charge in [0.15, 0.2) is 0 Å². The lowest BCUT2D eigenvalue weighted by atomic mass is 9.85. The van der Waals surface area contributed by atoms with Crippen LogP contribution in [0.4, 0.5) is 0 Å². The molecule has 0 atom stereocenters. The second kappa shape index (κ2) is 3.04. The van der Waals surface area contributed by atoms with Crippen molar-refractivity contribution in [1.82, 2.24) is 5.32 Å². The number of nitrogens with one attached hydrogen (secondary N) is 1. The Kier molecular flexibility index (Phi) is 2.30. The van der Waals surface area contributed by atoms with Crippen LogP contribution in [-0.2, 0) is 4.79 Å². The van der Waals surface area contributed by atoms with Crippen molar-refractivity contribution in [3.05, 3.63) is 0 Å². The van der Waals surface area contributed by atoms with Crippen molar-refractivity contribution in [2.24, 2.45) is 5.92 Å². The molecule has 0 aromatic carbocycles. The number of amides is 1. The highest BCUT2D eigenvalue weighted by atomic mass is 16.1. The average molecular weight is 141 g/mol. The van der Waals surface area contributed by atoms with Crippen LogP contribution in [0.1, 0.15) is 33.1 Å². The van der Waals surface area contributed by atoms with Crippen molar-refractivity contribution >= 4 is 5.91 Å². The second-order valence-corrected chi connectivity index (χ2v) is 3.29. The molecule has 0 aromatic rings. The first-order valence-electron chi connectivity index (χ1n) is 4.00. The number of carbonyl (C=O) groups excluding carboxylic acids is 1. The van der Waals surface area contributed by atoms with Gasteiger partial charge in [0.25, 0.3) is 0 Å². The van der Waals surface area contributed by atoms with Gasteiger partial charge in [-0.2, -0.15) is 0 Å². The molecule has 0 radical (unpaired) electrons. The van der Waals surface area contributed by atoms with E-state index in [0.29, 0.717) is 12.0 Å². The molecule has 1 saturated carbocycles. The lowest BCUT2D eigenvalue weighted by molar-refractivity contribution is -0.127. The molecule has 2 nitrogen and oxygen atoms in total. The topological polar surface area (TPSA) is 29.1 Å². The zero-order chi connectivity index (χ0) is 7.56. The first-order valence-corrected chi connectivity index (χ1v) is 4.00. The van der Waals surface area contributed by atoms with E-state index >= 15 is 0 Å². The van der Waals surface area contributed by atoms with E-state index in [1.54, 1.807) is 0 Å². The van der Waals surface area contributed by atoms with E-state index in [1.807, 2.05) is 13.8 Å². The summed E-state index contributed by atoms with van der Waals surface area (Å²) in [6.45, 7) is 3.99. The third-order valence-electron chi connectivity index (χ3n) is 1.91. The van der Waals surface area contributed by atoms with E-state index in [9.17, 15) is 4.79 Å². The molecule has 0 aromatic heterocycles. The van der Waals surface area contributed by atoms with Crippen molar-refractivity contribution in [3.8, 4) is 0 Å². The van der Waals surface area contributed by atoms with E-state index in [1.165, 1.54) is 6.42 Å². The summed E-state index contributed by atoms with van der Waals surface area (Å²) in [5.41, 5.74) is 0. The van der Waals surface area contributed by atoms with Gasteiger partial charge in [-0.15, -0.1) is 0 Å². The van der Waals surface area contributed by atoms with Crippen LogP contribution in [0.25, 0.3) is 0 Å². The van der Waals surface area contributed by atoms with Crippen LogP contribution in [0, 0.1) is 5.92 Å². The fourth-order valence-electron chi connectivity index (χ4n) is 1.07. The minimum atomic E-state index is 0.251. The zero-order valence-corrected chi connectivity index (χ0v) is 6.68. The van der Waals surface area contributed by atoms with Crippen LogP contribution in [0.3, 0.4) is 0 Å². The summed E-state index contributed by atoms with van der Waals surface area (Å²) >= 11 is 0. The normalized spacial score (nSPS) is 18.7. The van der Waals surface area contributed by atoms with Gasteiger partial charge in [-0.25, -0.2) is 0 Å². The first-order chi connectivity index (χ1) is 4.70. The second-order valence-electron chi connectivity index (χ2n) is 3.29. The van der Waals surface area contributed by atoms with E-state index < -0.39 is 0 Å². The molecule has 1 rings (SSSR count). The molecule has 0 aliphatic heterocycles. The number of rotatable bonds is 2. The Labute approximate surface area is 62.0 Å². The Balaban J connectivity index is 2.20. The van der Waals surface area contributed by atoms with Gasteiger partial charge in [-0.3, -0.25) is 4.79 Å². The SMILES string of the molecule is CC(C)NC(=O)C1CCC1. The van der Waals surface area contributed by atoms with Gasteiger partial charge in [-0.1, -0.05) is 6.42 Å². The molecular formula is C8H15NO. The van der Waals surface area contributed by atoms with E-state index in [-0.39, 0.29) is 5.91 Å². The van der Waals surface area contributed by atoms with Gasteiger partial charge in [-0.05, 0) is 26.7 Å². The fourth-order valence-corrected chi connectivity index (χ4v) is 1.07. The van der Waals surface area contributed by atoms with Crippen LogP contribution in [0.2, 0.25) is 0 Å². The van der Waals surface area contributed by atoms with E-state index in [0.717, 1.165) is 12.8 Å². The highest BCUT2D eigenvalue weighted by Crippen LogP contribution is 2.26. The molecule has 0 heterocycles. The lowest BCUT2D eigenvalue weighted by Crippen LogP contribution is -2.38.